The Morgan fingerprint density at radius 3 is 2.53 bits per heavy atom. The van der Waals surface area contributed by atoms with Crippen LogP contribution in [0.15, 0.2) is 0 Å². The van der Waals surface area contributed by atoms with Crippen LogP contribution in [0.5, 0.6) is 0 Å². The normalized spacial score (nSPS) is 21.5. The fourth-order valence-corrected chi connectivity index (χ4v) is 2.34. The highest BCUT2D eigenvalue weighted by molar-refractivity contribution is 4.89. The second-order valence-corrected chi connectivity index (χ2v) is 4.79. The summed E-state index contributed by atoms with van der Waals surface area (Å²) in [5.41, 5.74) is -0.481. The number of nitrogens with zero attached hydrogens (tertiary/aromatic N) is 2. The number of rotatable bonds is 5. The van der Waals surface area contributed by atoms with Crippen LogP contribution in [0.1, 0.15) is 39.5 Å². The van der Waals surface area contributed by atoms with Gasteiger partial charge in [0.05, 0.1) is 17.6 Å². The summed E-state index contributed by atoms with van der Waals surface area (Å²) in [6.45, 7) is 6.43. The third-order valence-corrected chi connectivity index (χ3v) is 3.25. The third-order valence-electron chi connectivity index (χ3n) is 3.25. The van der Waals surface area contributed by atoms with E-state index in [2.05, 4.69) is 17.9 Å². The summed E-state index contributed by atoms with van der Waals surface area (Å²) in [5.74, 6) is 0.0509. The van der Waals surface area contributed by atoms with Crippen molar-refractivity contribution < 1.29 is 5.11 Å². The molecule has 0 aromatic carbocycles. The number of hydrogen-bond acceptors (Lipinski definition) is 3. The average Bonchev–Trinajstić information content (AvgIpc) is 2.63. The third kappa shape index (κ3) is 3.81. The Morgan fingerprint density at radius 1 is 1.47 bits per heavy atom. The Balaban J connectivity index is 2.42. The summed E-state index contributed by atoms with van der Waals surface area (Å²) in [7, 11) is 0. The van der Waals surface area contributed by atoms with E-state index in [9.17, 15) is 5.11 Å². The first-order chi connectivity index (χ1) is 7.09. The Labute approximate surface area is 92.7 Å². The summed E-state index contributed by atoms with van der Waals surface area (Å²) >= 11 is 0. The zero-order chi connectivity index (χ0) is 11.3. The van der Waals surface area contributed by atoms with Crippen molar-refractivity contribution in [1.29, 1.82) is 5.26 Å². The minimum absolute atomic E-state index is 0.0509. The summed E-state index contributed by atoms with van der Waals surface area (Å²) in [6.07, 6.45) is 4.12. The van der Waals surface area contributed by atoms with Crippen molar-refractivity contribution in [1.82, 2.24) is 4.90 Å². The van der Waals surface area contributed by atoms with Crippen molar-refractivity contribution in [3.05, 3.63) is 0 Å². The molecule has 1 unspecified atom stereocenters. The molecule has 15 heavy (non-hydrogen) atoms. The maximum absolute atomic E-state index is 10.3. The number of aliphatic hydroxyl groups is 1. The van der Waals surface area contributed by atoms with E-state index in [0.717, 1.165) is 45.3 Å². The van der Waals surface area contributed by atoms with E-state index < -0.39 is 5.60 Å². The molecule has 3 nitrogen and oxygen atoms in total. The van der Waals surface area contributed by atoms with E-state index in [1.165, 1.54) is 0 Å². The van der Waals surface area contributed by atoms with Gasteiger partial charge < -0.3 is 5.11 Å². The lowest BCUT2D eigenvalue weighted by molar-refractivity contribution is 0.00893. The largest absolute Gasteiger partial charge is 0.389 e. The molecular formula is C12H22N2O. The Kier molecular flexibility index (Phi) is 4.56. The van der Waals surface area contributed by atoms with Crippen molar-refractivity contribution >= 4 is 0 Å². The van der Waals surface area contributed by atoms with E-state index >= 15 is 0 Å². The van der Waals surface area contributed by atoms with E-state index in [4.69, 9.17) is 5.26 Å². The molecule has 1 aliphatic rings. The van der Waals surface area contributed by atoms with Gasteiger partial charge in [-0.25, -0.2) is 0 Å². The first-order valence-corrected chi connectivity index (χ1v) is 5.94. The minimum atomic E-state index is -0.481. The molecule has 0 spiro atoms. The van der Waals surface area contributed by atoms with E-state index in [1.807, 2.05) is 6.92 Å². The molecule has 0 saturated heterocycles. The van der Waals surface area contributed by atoms with E-state index in [0.29, 0.717) is 0 Å². The predicted molar refractivity (Wildman–Crippen MR) is 60.3 cm³/mol. The summed E-state index contributed by atoms with van der Waals surface area (Å²) in [4.78, 5) is 2.19. The van der Waals surface area contributed by atoms with Crippen LogP contribution in [0.4, 0.5) is 0 Å². The molecule has 1 rings (SSSR count). The quantitative estimate of drug-likeness (QED) is 0.752. The van der Waals surface area contributed by atoms with Gasteiger partial charge in [0, 0.05) is 13.1 Å². The van der Waals surface area contributed by atoms with Crippen LogP contribution in [0.2, 0.25) is 0 Å². The highest BCUT2D eigenvalue weighted by Gasteiger charge is 2.32. The van der Waals surface area contributed by atoms with Crippen LogP contribution >= 0.6 is 0 Å². The second kappa shape index (κ2) is 5.48. The van der Waals surface area contributed by atoms with Gasteiger partial charge in [-0.2, -0.15) is 5.26 Å². The monoisotopic (exact) mass is 210 g/mol. The molecule has 1 atom stereocenters. The first-order valence-electron chi connectivity index (χ1n) is 5.94. The molecule has 0 bridgehead atoms. The number of hydrogen-bond donors (Lipinski definition) is 1. The van der Waals surface area contributed by atoms with Crippen LogP contribution in [-0.2, 0) is 0 Å². The van der Waals surface area contributed by atoms with Crippen molar-refractivity contribution in [3.63, 3.8) is 0 Å². The fourth-order valence-electron chi connectivity index (χ4n) is 2.34. The molecule has 3 heteroatoms. The molecule has 1 aliphatic carbocycles. The minimum Gasteiger partial charge on any atom is -0.389 e. The van der Waals surface area contributed by atoms with Gasteiger partial charge in [-0.05, 0) is 26.3 Å². The zero-order valence-electron chi connectivity index (χ0n) is 9.87. The smallest absolute Gasteiger partial charge is 0.0774 e. The van der Waals surface area contributed by atoms with Gasteiger partial charge in [-0.15, -0.1) is 0 Å². The summed E-state index contributed by atoms with van der Waals surface area (Å²) in [6, 6.07) is 2.24. The van der Waals surface area contributed by atoms with Crippen LogP contribution < -0.4 is 0 Å². The maximum Gasteiger partial charge on any atom is 0.0774 e. The number of nitriles is 1. The topological polar surface area (TPSA) is 47.3 Å². The molecule has 0 heterocycles. The van der Waals surface area contributed by atoms with Crippen molar-refractivity contribution in [2.45, 2.75) is 45.1 Å². The lowest BCUT2D eigenvalue weighted by Gasteiger charge is -2.31. The lowest BCUT2D eigenvalue weighted by Crippen LogP contribution is -2.42. The molecule has 1 saturated carbocycles. The predicted octanol–water partition coefficient (Wildman–Crippen LogP) is 1.77. The van der Waals surface area contributed by atoms with E-state index in [-0.39, 0.29) is 5.92 Å². The molecule has 86 valence electrons. The average molecular weight is 210 g/mol. The van der Waals surface area contributed by atoms with Gasteiger partial charge in [0.25, 0.3) is 0 Å². The van der Waals surface area contributed by atoms with Gasteiger partial charge in [-0.3, -0.25) is 4.90 Å². The first kappa shape index (κ1) is 12.5. The Morgan fingerprint density at radius 2 is 2.07 bits per heavy atom. The van der Waals surface area contributed by atoms with Crippen molar-refractivity contribution in [2.24, 2.45) is 5.92 Å². The summed E-state index contributed by atoms with van der Waals surface area (Å²) in [5, 5.41) is 19.0. The SMILES string of the molecule is CCN(CC(C)C#N)CC1(O)CCCC1. The van der Waals surface area contributed by atoms with Gasteiger partial charge in [0.2, 0.25) is 0 Å². The van der Waals surface area contributed by atoms with Crippen LogP contribution in [0.3, 0.4) is 0 Å². The lowest BCUT2D eigenvalue weighted by atomic mass is 10.0. The highest BCUT2D eigenvalue weighted by atomic mass is 16.3. The van der Waals surface area contributed by atoms with Crippen molar-refractivity contribution in [2.75, 3.05) is 19.6 Å². The fraction of sp³-hybridized carbons (Fsp3) is 0.917. The zero-order valence-corrected chi connectivity index (χ0v) is 9.87. The molecular weight excluding hydrogens is 188 g/mol. The standard InChI is InChI=1S/C12H22N2O/c1-3-14(9-11(2)8-13)10-12(15)6-4-5-7-12/h11,15H,3-7,9-10H2,1-2H3. The van der Waals surface area contributed by atoms with Gasteiger partial charge in [0.15, 0.2) is 0 Å². The maximum atomic E-state index is 10.3. The molecule has 1 N–H and O–H groups in total. The molecule has 1 fully saturated rings. The molecule has 0 aromatic heterocycles. The molecule has 0 aliphatic heterocycles. The van der Waals surface area contributed by atoms with E-state index in [1.54, 1.807) is 0 Å². The Hall–Kier alpha value is -0.590. The van der Waals surface area contributed by atoms with Crippen LogP contribution in [0, 0.1) is 17.2 Å². The van der Waals surface area contributed by atoms with Crippen molar-refractivity contribution in [3.8, 4) is 6.07 Å². The Bertz CT molecular complexity index is 228. The number of likely N-dealkylation sites (N-methyl/N-ethyl adjacent to an activating group) is 1. The van der Waals surface area contributed by atoms with Gasteiger partial charge in [-0.1, -0.05) is 19.8 Å². The summed E-state index contributed by atoms with van der Waals surface area (Å²) < 4.78 is 0. The molecule has 0 aromatic rings. The van der Waals surface area contributed by atoms with Gasteiger partial charge in [0.1, 0.15) is 0 Å². The van der Waals surface area contributed by atoms with Crippen LogP contribution in [-0.4, -0.2) is 35.2 Å². The molecule has 0 amide bonds. The second-order valence-electron chi connectivity index (χ2n) is 4.79. The van der Waals surface area contributed by atoms with Gasteiger partial charge >= 0.3 is 0 Å². The molecule has 0 radical (unpaired) electrons. The van der Waals surface area contributed by atoms with Crippen LogP contribution in [0.25, 0.3) is 0 Å². The highest BCUT2D eigenvalue weighted by Crippen LogP contribution is 2.30.